The molecule has 0 bridgehead atoms. The average Bonchev–Trinajstić information content (AvgIpc) is 2.71. The van der Waals surface area contributed by atoms with Crippen molar-refractivity contribution >= 4 is 11.6 Å². The van der Waals surface area contributed by atoms with Crippen LogP contribution in [-0.2, 0) is 6.54 Å². The van der Waals surface area contributed by atoms with E-state index in [0.717, 1.165) is 0 Å². The molecule has 0 saturated heterocycles. The fourth-order valence-corrected chi connectivity index (χ4v) is 1.86. The molecule has 0 atom stereocenters. The highest BCUT2D eigenvalue weighted by atomic mass is 19.1. The molecule has 1 heterocycles. The Morgan fingerprint density at radius 3 is 2.68 bits per heavy atom. The number of carbonyl (C=O) groups is 1. The Morgan fingerprint density at radius 1 is 1.37 bits per heavy atom. The molecular weight excluding hydrogens is 247 g/mol. The van der Waals surface area contributed by atoms with Crippen molar-refractivity contribution < 1.29 is 13.6 Å². The standard InChI is InChI=1S/C14H15FN2O2/c1-8-5-12(9(2)19-8)14(18)17-11-3-4-13(15)10(6-11)7-16/h3-6H,7,16H2,1-2H3,(H,17,18). The highest BCUT2D eigenvalue weighted by molar-refractivity contribution is 6.05. The predicted molar refractivity (Wildman–Crippen MR) is 70.4 cm³/mol. The minimum Gasteiger partial charge on any atom is -0.466 e. The lowest BCUT2D eigenvalue weighted by Gasteiger charge is -2.07. The largest absolute Gasteiger partial charge is 0.466 e. The van der Waals surface area contributed by atoms with Crippen LogP contribution in [0.15, 0.2) is 28.7 Å². The Labute approximate surface area is 110 Å². The van der Waals surface area contributed by atoms with Crippen molar-refractivity contribution in [2.24, 2.45) is 5.73 Å². The third-order valence-electron chi connectivity index (χ3n) is 2.81. The Kier molecular flexibility index (Phi) is 3.66. The number of carbonyl (C=O) groups excluding carboxylic acids is 1. The minimum absolute atomic E-state index is 0.0827. The van der Waals surface area contributed by atoms with E-state index < -0.39 is 0 Å². The fraction of sp³-hybridized carbons (Fsp3) is 0.214. The average molecular weight is 262 g/mol. The van der Waals surface area contributed by atoms with Crippen LogP contribution < -0.4 is 11.1 Å². The Bertz CT molecular complexity index is 620. The number of nitrogens with one attached hydrogen (secondary N) is 1. The number of rotatable bonds is 3. The molecule has 0 aliphatic rings. The van der Waals surface area contributed by atoms with Gasteiger partial charge in [0.05, 0.1) is 5.56 Å². The zero-order valence-corrected chi connectivity index (χ0v) is 10.8. The van der Waals surface area contributed by atoms with E-state index in [9.17, 15) is 9.18 Å². The van der Waals surface area contributed by atoms with Crippen LogP contribution in [0.3, 0.4) is 0 Å². The van der Waals surface area contributed by atoms with E-state index in [1.807, 2.05) is 0 Å². The van der Waals surface area contributed by atoms with Crippen molar-refractivity contribution in [2.75, 3.05) is 5.32 Å². The minimum atomic E-state index is -0.379. The van der Waals surface area contributed by atoms with Gasteiger partial charge in [0.1, 0.15) is 17.3 Å². The summed E-state index contributed by atoms with van der Waals surface area (Å²) >= 11 is 0. The molecule has 0 saturated carbocycles. The van der Waals surface area contributed by atoms with E-state index >= 15 is 0 Å². The van der Waals surface area contributed by atoms with Gasteiger partial charge in [-0.1, -0.05) is 0 Å². The zero-order valence-electron chi connectivity index (χ0n) is 10.8. The summed E-state index contributed by atoms with van der Waals surface area (Å²) in [6.07, 6.45) is 0. The van der Waals surface area contributed by atoms with Gasteiger partial charge < -0.3 is 15.5 Å². The molecule has 0 radical (unpaired) electrons. The van der Waals surface area contributed by atoms with Crippen molar-refractivity contribution in [1.29, 1.82) is 0 Å². The second kappa shape index (κ2) is 5.24. The van der Waals surface area contributed by atoms with E-state index in [1.165, 1.54) is 18.2 Å². The number of benzene rings is 1. The number of halogens is 1. The molecule has 0 aliphatic heterocycles. The highest BCUT2D eigenvalue weighted by Gasteiger charge is 2.14. The molecule has 4 nitrogen and oxygen atoms in total. The van der Waals surface area contributed by atoms with Crippen LogP contribution in [0.5, 0.6) is 0 Å². The van der Waals surface area contributed by atoms with Gasteiger partial charge in [0, 0.05) is 17.8 Å². The maximum Gasteiger partial charge on any atom is 0.259 e. The van der Waals surface area contributed by atoms with Gasteiger partial charge in [-0.3, -0.25) is 4.79 Å². The molecule has 1 aromatic heterocycles. The van der Waals surface area contributed by atoms with Crippen LogP contribution >= 0.6 is 0 Å². The first-order chi connectivity index (χ1) is 9.01. The SMILES string of the molecule is Cc1cc(C(=O)Nc2ccc(F)c(CN)c2)c(C)o1. The van der Waals surface area contributed by atoms with Gasteiger partial charge >= 0.3 is 0 Å². The topological polar surface area (TPSA) is 68.3 Å². The molecule has 1 aromatic carbocycles. The fourth-order valence-electron chi connectivity index (χ4n) is 1.86. The number of hydrogen-bond acceptors (Lipinski definition) is 3. The molecule has 2 aromatic rings. The van der Waals surface area contributed by atoms with Crippen molar-refractivity contribution in [3.63, 3.8) is 0 Å². The summed E-state index contributed by atoms with van der Waals surface area (Å²) in [5.74, 6) is 0.556. The van der Waals surface area contributed by atoms with Crippen LogP contribution in [0.25, 0.3) is 0 Å². The van der Waals surface area contributed by atoms with Gasteiger partial charge in [-0.2, -0.15) is 0 Å². The van der Waals surface area contributed by atoms with Gasteiger partial charge in [-0.25, -0.2) is 4.39 Å². The first-order valence-electron chi connectivity index (χ1n) is 5.88. The molecule has 100 valence electrons. The van der Waals surface area contributed by atoms with E-state index in [2.05, 4.69) is 5.32 Å². The van der Waals surface area contributed by atoms with Crippen molar-refractivity contribution in [3.05, 3.63) is 52.7 Å². The highest BCUT2D eigenvalue weighted by Crippen LogP contribution is 2.18. The lowest BCUT2D eigenvalue weighted by atomic mass is 10.1. The molecule has 5 heteroatoms. The Balaban J connectivity index is 2.21. The number of anilines is 1. The quantitative estimate of drug-likeness (QED) is 0.893. The summed E-state index contributed by atoms with van der Waals surface area (Å²) in [5, 5.41) is 2.69. The first kappa shape index (κ1) is 13.3. The predicted octanol–water partition coefficient (Wildman–Crippen LogP) is 2.75. The van der Waals surface area contributed by atoms with Crippen LogP contribution in [0.1, 0.15) is 27.4 Å². The second-order valence-corrected chi connectivity index (χ2v) is 4.29. The molecular formula is C14H15FN2O2. The van der Waals surface area contributed by atoms with Crippen molar-refractivity contribution in [1.82, 2.24) is 0 Å². The lowest BCUT2D eigenvalue weighted by molar-refractivity contribution is 0.102. The molecule has 1 amide bonds. The third-order valence-corrected chi connectivity index (χ3v) is 2.81. The molecule has 2 rings (SSSR count). The number of hydrogen-bond donors (Lipinski definition) is 2. The van der Waals surface area contributed by atoms with Crippen LogP contribution in [-0.4, -0.2) is 5.91 Å². The monoisotopic (exact) mass is 262 g/mol. The number of furan rings is 1. The zero-order chi connectivity index (χ0) is 14.0. The number of aryl methyl sites for hydroxylation is 2. The number of nitrogens with two attached hydrogens (primary N) is 1. The van der Waals surface area contributed by atoms with Crippen LogP contribution in [0.2, 0.25) is 0 Å². The molecule has 0 unspecified atom stereocenters. The molecule has 0 spiro atoms. The summed E-state index contributed by atoms with van der Waals surface area (Å²) in [6, 6.07) is 5.97. The summed E-state index contributed by atoms with van der Waals surface area (Å²) in [5.41, 5.74) is 6.75. The van der Waals surface area contributed by atoms with Crippen molar-refractivity contribution in [3.8, 4) is 0 Å². The number of amides is 1. The maximum absolute atomic E-state index is 13.3. The summed E-state index contributed by atoms with van der Waals surface area (Å²) in [4.78, 5) is 12.0. The molecule has 3 N–H and O–H groups in total. The van der Waals surface area contributed by atoms with E-state index in [-0.39, 0.29) is 18.3 Å². The first-order valence-corrected chi connectivity index (χ1v) is 5.88. The smallest absolute Gasteiger partial charge is 0.259 e. The molecule has 0 aliphatic carbocycles. The van der Waals surface area contributed by atoms with Gasteiger partial charge in [-0.15, -0.1) is 0 Å². The summed E-state index contributed by atoms with van der Waals surface area (Å²) in [6.45, 7) is 3.57. The second-order valence-electron chi connectivity index (χ2n) is 4.29. The molecule has 19 heavy (non-hydrogen) atoms. The normalized spacial score (nSPS) is 10.5. The van der Waals surface area contributed by atoms with Gasteiger partial charge in [-0.05, 0) is 38.1 Å². The van der Waals surface area contributed by atoms with Gasteiger partial charge in [0.2, 0.25) is 0 Å². The Hall–Kier alpha value is -2.14. The van der Waals surface area contributed by atoms with Crippen LogP contribution in [0.4, 0.5) is 10.1 Å². The maximum atomic E-state index is 13.3. The molecule has 0 fully saturated rings. The van der Waals surface area contributed by atoms with E-state index in [1.54, 1.807) is 19.9 Å². The summed E-state index contributed by atoms with van der Waals surface area (Å²) < 4.78 is 18.6. The van der Waals surface area contributed by atoms with E-state index in [4.69, 9.17) is 10.2 Å². The van der Waals surface area contributed by atoms with Gasteiger partial charge in [0.25, 0.3) is 5.91 Å². The lowest BCUT2D eigenvalue weighted by Crippen LogP contribution is -2.13. The summed E-state index contributed by atoms with van der Waals surface area (Å²) in [7, 11) is 0. The van der Waals surface area contributed by atoms with E-state index in [0.29, 0.717) is 28.3 Å². The van der Waals surface area contributed by atoms with Crippen molar-refractivity contribution in [2.45, 2.75) is 20.4 Å². The Morgan fingerprint density at radius 2 is 2.11 bits per heavy atom. The van der Waals surface area contributed by atoms with Gasteiger partial charge in [0.15, 0.2) is 0 Å². The van der Waals surface area contributed by atoms with Crippen LogP contribution in [0, 0.1) is 19.7 Å². The third kappa shape index (κ3) is 2.82.